The van der Waals surface area contributed by atoms with Gasteiger partial charge in [-0.3, -0.25) is 68.7 Å². The molecular weight excluding hydrogens is 1430 g/mol. The SMILES string of the molecule is CC(=O)c1ccc(N/N=C\c2ccccc2S(=O)(=O)O)nc1.Cc1ccc(COC2CCN(C(=O)[C@H]3CCN(C(=O)CCN)C[C@@H]3C(=O)NO)CC2)cc1.Cc1ccc(COC2CCN(C(=O)[C@H]3CCN(C(=O)CCNC(=O)c4ccc(N/N=C\c5ccccc5S(=O)(=O)O)nc4)C[C@@H]3C(=O)NO)CC2)cc1. The molecule has 0 bridgehead atoms. The molecule has 2 aromatic heterocycles. The molecule has 32 nitrogen and oxygen atoms in total. The van der Waals surface area contributed by atoms with E-state index < -0.39 is 61.6 Å². The second-order valence-electron chi connectivity index (χ2n) is 26.0. The number of nitrogens with zero attached hydrogens (tertiary/aromatic N) is 8. The van der Waals surface area contributed by atoms with Gasteiger partial charge in [0.25, 0.3) is 26.1 Å². The lowest BCUT2D eigenvalue weighted by Gasteiger charge is -2.40. The minimum absolute atomic E-state index is 0.00574. The molecule has 0 radical (unpaired) electrons. The lowest BCUT2D eigenvalue weighted by atomic mass is 9.83. The van der Waals surface area contributed by atoms with E-state index in [1.54, 1.807) is 49.9 Å². The van der Waals surface area contributed by atoms with Crippen molar-refractivity contribution in [1.82, 2.24) is 45.8 Å². The summed E-state index contributed by atoms with van der Waals surface area (Å²) in [5.41, 5.74) is 19.7. The molecule has 0 spiro atoms. The third kappa shape index (κ3) is 24.6. The van der Waals surface area contributed by atoms with Gasteiger partial charge in [0.1, 0.15) is 21.4 Å². The first-order valence-corrected chi connectivity index (χ1v) is 37.6. The Morgan fingerprint density at radius 3 is 1.29 bits per heavy atom. The van der Waals surface area contributed by atoms with Crippen molar-refractivity contribution in [3.63, 3.8) is 0 Å². The van der Waals surface area contributed by atoms with Gasteiger partial charge in [0, 0.05) is 107 Å². The number of carbonyl (C=O) groups is 8. The predicted molar refractivity (Wildman–Crippen MR) is 391 cm³/mol. The van der Waals surface area contributed by atoms with Gasteiger partial charge in [-0.1, -0.05) is 96.1 Å². The van der Waals surface area contributed by atoms with Crippen molar-refractivity contribution in [2.75, 3.05) is 76.3 Å². The van der Waals surface area contributed by atoms with Crippen LogP contribution in [0.2, 0.25) is 0 Å². The molecule has 4 atom stereocenters. The minimum atomic E-state index is -4.43. The second-order valence-corrected chi connectivity index (χ2v) is 28.8. The summed E-state index contributed by atoms with van der Waals surface area (Å²) < 4.78 is 76.1. The predicted octanol–water partition coefficient (Wildman–Crippen LogP) is 5.18. The van der Waals surface area contributed by atoms with Crippen molar-refractivity contribution in [2.24, 2.45) is 39.6 Å². The smallest absolute Gasteiger partial charge is 0.295 e. The molecule has 10 rings (SSSR count). The van der Waals surface area contributed by atoms with Crippen LogP contribution in [0.1, 0.15) is 112 Å². The normalized spacial score (nSPS) is 17.9. The largest absolute Gasteiger partial charge is 0.373 e. The molecule has 107 heavy (non-hydrogen) atoms. The number of benzene rings is 4. The first-order valence-electron chi connectivity index (χ1n) is 34.7. The van der Waals surface area contributed by atoms with Gasteiger partial charge in [-0.15, -0.1) is 0 Å². The Balaban J connectivity index is 0.000000225. The first kappa shape index (κ1) is 82.4. The van der Waals surface area contributed by atoms with Crippen molar-refractivity contribution in [2.45, 2.75) is 107 Å². The number of ketones is 1. The Hall–Kier alpha value is -10.3. The minimum Gasteiger partial charge on any atom is -0.373 e. The molecule has 6 aromatic rings. The number of Topliss-reactive ketones (excluding diaryl/α,β-unsaturated/α-hetero) is 1. The number of amides is 7. The second kappa shape index (κ2) is 39.9. The van der Waals surface area contributed by atoms with Crippen LogP contribution < -0.4 is 32.9 Å². The molecule has 34 heteroatoms. The monoisotopic (exact) mass is 1510 g/mol. The van der Waals surface area contributed by atoms with E-state index in [0.29, 0.717) is 76.6 Å². The van der Waals surface area contributed by atoms with E-state index in [1.165, 1.54) is 96.3 Å². The number of anilines is 2. The molecule has 4 aromatic carbocycles. The highest BCUT2D eigenvalue weighted by Crippen LogP contribution is 2.31. The molecule has 6 heterocycles. The number of nitrogens with one attached hydrogen (secondary N) is 5. The van der Waals surface area contributed by atoms with Crippen molar-refractivity contribution in [1.29, 1.82) is 0 Å². The van der Waals surface area contributed by atoms with Crippen LogP contribution in [0, 0.1) is 37.5 Å². The van der Waals surface area contributed by atoms with Gasteiger partial charge in [0.15, 0.2) is 5.78 Å². The van der Waals surface area contributed by atoms with Crippen LogP contribution in [0.5, 0.6) is 0 Å². The van der Waals surface area contributed by atoms with E-state index in [0.717, 1.165) is 24.0 Å². The summed E-state index contributed by atoms with van der Waals surface area (Å²) in [6.45, 7) is 9.62. The molecule has 0 aliphatic carbocycles. The van der Waals surface area contributed by atoms with Gasteiger partial charge in [-0.25, -0.2) is 20.9 Å². The van der Waals surface area contributed by atoms with Crippen LogP contribution in [-0.2, 0) is 71.7 Å². The van der Waals surface area contributed by atoms with Gasteiger partial charge in [-0.2, -0.15) is 27.0 Å². The number of hydrazone groups is 2. The Bertz CT molecular complexity index is 4330. The van der Waals surface area contributed by atoms with Crippen LogP contribution in [0.4, 0.5) is 11.6 Å². The molecule has 4 aliphatic rings. The maximum Gasteiger partial charge on any atom is 0.295 e. The van der Waals surface area contributed by atoms with Crippen molar-refractivity contribution in [3.8, 4) is 0 Å². The van der Waals surface area contributed by atoms with Gasteiger partial charge in [-0.05, 0) is 107 Å². The van der Waals surface area contributed by atoms with Gasteiger partial charge in [0.2, 0.25) is 35.4 Å². The Morgan fingerprint density at radius 2 is 0.916 bits per heavy atom. The average Bonchev–Trinajstić information content (AvgIpc) is 0.806. The zero-order valence-corrected chi connectivity index (χ0v) is 61.1. The zero-order chi connectivity index (χ0) is 77.2. The van der Waals surface area contributed by atoms with E-state index in [-0.39, 0.29) is 126 Å². The third-order valence-corrected chi connectivity index (χ3v) is 20.4. The van der Waals surface area contributed by atoms with Gasteiger partial charge in [0.05, 0.1) is 67.1 Å². The number of pyridine rings is 2. The first-order chi connectivity index (χ1) is 51.2. The number of carbonyl (C=O) groups excluding carboxylic acids is 8. The molecule has 7 amide bonds. The molecule has 4 aliphatic heterocycles. The number of hydrogen-bond acceptors (Lipinski definition) is 23. The van der Waals surface area contributed by atoms with E-state index >= 15 is 0 Å². The summed E-state index contributed by atoms with van der Waals surface area (Å²) in [6.07, 6.45) is 8.86. The van der Waals surface area contributed by atoms with Crippen LogP contribution in [-0.4, -0.2) is 203 Å². The van der Waals surface area contributed by atoms with Gasteiger partial charge < -0.3 is 40.1 Å². The number of aromatic nitrogens is 2. The Kier molecular flexibility index (Phi) is 30.7. The van der Waals surface area contributed by atoms with E-state index in [4.69, 9.17) is 25.0 Å². The lowest BCUT2D eigenvalue weighted by Crippen LogP contribution is -2.54. The van der Waals surface area contributed by atoms with Crippen molar-refractivity contribution in [3.05, 3.63) is 178 Å². The highest BCUT2D eigenvalue weighted by Gasteiger charge is 2.44. The standard InChI is InChI=1S/C36H43N7O9S.C23H34N4O5.C14H13N3O4S/c1-24-6-8-25(9-7-24)23-52-28-13-17-42(18-14-28)36(47)29-15-19-43(22-30(29)35(46)41-48)33(44)12-16-37-34(45)27-10-11-32(38-20-27)40-39-21-26-4-2-3-5-31(26)53(49,50)51;1-16-2-4-17(5-3-16)15-32-18-7-11-26(12-8-18)23(30)19-9-13-27(21(28)6-10-24)14-20(19)22(29)25-31;1-10(18)11-6-7-14(15-8-11)17-16-9-12-4-2-3-5-13(12)22(19,20)21/h2-11,20-21,28-30,48H,12-19,22-23H2,1H3,(H,37,45)(H,38,40)(H,41,46)(H,49,50,51);2-5,18-20,31H,6-15,24H2,1H3,(H,25,29);2-9H,1H3,(H,15,17)(H,19,20,21)/b39-21-;;16-9-/t29-,30-;19-,20-;/m00./s1. The quantitative estimate of drug-likeness (QED) is 0.0116. The fourth-order valence-electron chi connectivity index (χ4n) is 12.5. The number of hydrogen-bond donors (Lipinski definition) is 10. The van der Waals surface area contributed by atoms with E-state index in [2.05, 4.69) is 60.6 Å². The average molecular weight is 1520 g/mol. The Morgan fingerprint density at radius 1 is 0.523 bits per heavy atom. The molecule has 572 valence electrons. The number of hydroxylamine groups is 2. The highest BCUT2D eigenvalue weighted by atomic mass is 32.2. The number of aryl methyl sites for hydroxylation is 2. The molecular formula is C73H90N14O18S2. The molecule has 4 fully saturated rings. The number of ether oxygens (including phenoxy) is 2. The van der Waals surface area contributed by atoms with Gasteiger partial charge >= 0.3 is 0 Å². The van der Waals surface area contributed by atoms with Crippen molar-refractivity contribution >= 4 is 91.4 Å². The maximum atomic E-state index is 13.6. The highest BCUT2D eigenvalue weighted by molar-refractivity contribution is 7.86. The molecule has 4 saturated heterocycles. The van der Waals surface area contributed by atoms with E-state index in [9.17, 15) is 65.0 Å². The van der Waals surface area contributed by atoms with Crippen LogP contribution in [0.25, 0.3) is 0 Å². The van der Waals surface area contributed by atoms with Crippen molar-refractivity contribution < 1.29 is 84.2 Å². The third-order valence-electron chi connectivity index (χ3n) is 18.5. The maximum absolute atomic E-state index is 13.6. The summed E-state index contributed by atoms with van der Waals surface area (Å²) in [6, 6.07) is 34.2. The summed E-state index contributed by atoms with van der Waals surface area (Å²) in [5, 5.41) is 29.1. The molecule has 11 N–H and O–H groups in total. The van der Waals surface area contributed by atoms with Crippen LogP contribution in [0.15, 0.2) is 154 Å². The molecule has 0 saturated carbocycles. The lowest BCUT2D eigenvalue weighted by molar-refractivity contribution is -0.153. The van der Waals surface area contributed by atoms with E-state index in [1.807, 2.05) is 38.1 Å². The fourth-order valence-corrected chi connectivity index (χ4v) is 13.8. The number of nitrogens with two attached hydrogens (primary N) is 1. The molecule has 0 unspecified atom stereocenters. The number of piperidine rings is 4. The fraction of sp³-hybridized carbons (Fsp3) is 0.397. The van der Waals surface area contributed by atoms with Crippen LogP contribution in [0.3, 0.4) is 0 Å². The zero-order valence-electron chi connectivity index (χ0n) is 59.4. The Labute approximate surface area is 620 Å². The summed E-state index contributed by atoms with van der Waals surface area (Å²) in [7, 11) is -8.75. The summed E-state index contributed by atoms with van der Waals surface area (Å²) in [5.74, 6) is -4.99. The summed E-state index contributed by atoms with van der Waals surface area (Å²) >= 11 is 0. The number of rotatable bonds is 25. The number of likely N-dealkylation sites (tertiary alicyclic amines) is 4. The van der Waals surface area contributed by atoms with Crippen LogP contribution >= 0.6 is 0 Å². The topological polar surface area (TPSA) is 454 Å². The summed E-state index contributed by atoms with van der Waals surface area (Å²) in [4.78, 5) is 115.